The third kappa shape index (κ3) is 2.32. The smallest absolute Gasteiger partial charge is 0.145 e. The summed E-state index contributed by atoms with van der Waals surface area (Å²) in [4.78, 5) is 4.58. The number of nitrogens with one attached hydrogen (secondary N) is 1. The summed E-state index contributed by atoms with van der Waals surface area (Å²) in [6.45, 7) is 3.03. The van der Waals surface area contributed by atoms with Gasteiger partial charge in [0.2, 0.25) is 0 Å². The van der Waals surface area contributed by atoms with Crippen LogP contribution >= 0.6 is 0 Å². The molecule has 0 saturated carbocycles. The third-order valence-electron chi connectivity index (χ3n) is 2.78. The van der Waals surface area contributed by atoms with Crippen molar-refractivity contribution in [1.29, 1.82) is 0 Å². The second kappa shape index (κ2) is 5.58. The molecule has 0 amide bonds. The van der Waals surface area contributed by atoms with Gasteiger partial charge in [-0.3, -0.25) is 0 Å². The van der Waals surface area contributed by atoms with Gasteiger partial charge in [0.25, 0.3) is 0 Å². The minimum absolute atomic E-state index is 0.756. The van der Waals surface area contributed by atoms with Crippen molar-refractivity contribution < 1.29 is 9.47 Å². The molecule has 0 aliphatic heterocycles. The van der Waals surface area contributed by atoms with Gasteiger partial charge in [-0.05, 0) is 30.7 Å². The Bertz CT molecular complexity index is 541. The van der Waals surface area contributed by atoms with Crippen LogP contribution in [0.2, 0.25) is 0 Å². The summed E-state index contributed by atoms with van der Waals surface area (Å²) in [7, 11) is 3.31. The number of anilines is 1. The lowest BCUT2D eigenvalue weighted by Gasteiger charge is -2.11. The van der Waals surface area contributed by atoms with E-state index in [0.29, 0.717) is 0 Å². The zero-order valence-corrected chi connectivity index (χ0v) is 11.0. The van der Waals surface area contributed by atoms with E-state index in [1.165, 1.54) is 0 Å². The summed E-state index contributed by atoms with van der Waals surface area (Å²) in [5, 5.41) is 4.23. The summed E-state index contributed by atoms with van der Waals surface area (Å²) < 4.78 is 10.7. The van der Waals surface area contributed by atoms with Crippen LogP contribution in [0.1, 0.15) is 13.3 Å². The molecular formula is C14H18N2O2. The lowest BCUT2D eigenvalue weighted by Crippen LogP contribution is -2.02. The van der Waals surface area contributed by atoms with Gasteiger partial charge in [0.15, 0.2) is 0 Å². The van der Waals surface area contributed by atoms with Crippen LogP contribution in [0.4, 0.5) is 5.82 Å². The Hall–Kier alpha value is -1.97. The molecule has 0 aliphatic rings. The molecule has 4 nitrogen and oxygen atoms in total. The van der Waals surface area contributed by atoms with E-state index in [2.05, 4.69) is 17.2 Å². The molecule has 96 valence electrons. The topological polar surface area (TPSA) is 43.4 Å². The first-order valence-corrected chi connectivity index (χ1v) is 6.05. The quantitative estimate of drug-likeness (QED) is 0.880. The van der Waals surface area contributed by atoms with Gasteiger partial charge in [0.05, 0.1) is 14.2 Å². The molecule has 2 aromatic rings. The van der Waals surface area contributed by atoms with E-state index in [1.54, 1.807) is 14.2 Å². The first kappa shape index (κ1) is 12.5. The van der Waals surface area contributed by atoms with E-state index in [-0.39, 0.29) is 0 Å². The Morgan fingerprint density at radius 3 is 2.44 bits per heavy atom. The lowest BCUT2D eigenvalue weighted by molar-refractivity contribution is 0.410. The minimum Gasteiger partial charge on any atom is -0.496 e. The number of aromatic nitrogens is 1. The first-order valence-electron chi connectivity index (χ1n) is 6.05. The van der Waals surface area contributed by atoms with Crippen LogP contribution in [-0.4, -0.2) is 25.7 Å². The van der Waals surface area contributed by atoms with Gasteiger partial charge in [0.1, 0.15) is 22.8 Å². The number of rotatable bonds is 5. The molecule has 2 rings (SSSR count). The molecule has 1 aromatic carbocycles. The van der Waals surface area contributed by atoms with Crippen molar-refractivity contribution in [2.24, 2.45) is 0 Å². The Morgan fingerprint density at radius 2 is 1.78 bits per heavy atom. The maximum atomic E-state index is 5.34. The van der Waals surface area contributed by atoms with Crippen LogP contribution in [-0.2, 0) is 0 Å². The summed E-state index contributed by atoms with van der Waals surface area (Å²) in [6.07, 6.45) is 1.06. The average Bonchev–Trinajstić information content (AvgIpc) is 2.43. The van der Waals surface area contributed by atoms with Crippen molar-refractivity contribution in [2.75, 3.05) is 26.1 Å². The lowest BCUT2D eigenvalue weighted by atomic mass is 10.2. The summed E-state index contributed by atoms with van der Waals surface area (Å²) in [5.74, 6) is 2.42. The largest absolute Gasteiger partial charge is 0.496 e. The number of ether oxygens (including phenoxy) is 2. The Kier molecular flexibility index (Phi) is 3.87. The summed E-state index contributed by atoms with van der Waals surface area (Å²) in [6, 6.07) is 7.72. The molecule has 0 fully saturated rings. The summed E-state index contributed by atoms with van der Waals surface area (Å²) >= 11 is 0. The molecule has 1 aromatic heterocycles. The zero-order valence-electron chi connectivity index (χ0n) is 11.0. The van der Waals surface area contributed by atoms with Crippen molar-refractivity contribution in [2.45, 2.75) is 13.3 Å². The monoisotopic (exact) mass is 246 g/mol. The standard InChI is InChI=1S/C14H18N2O2/c1-4-9-15-13-8-5-10-11(17-2)6-7-12(18-3)14(10)16-13/h5-8H,4,9H2,1-3H3,(H,15,16). The molecule has 0 aliphatic carbocycles. The van der Waals surface area contributed by atoms with Gasteiger partial charge in [-0.2, -0.15) is 0 Å². The highest BCUT2D eigenvalue weighted by Gasteiger charge is 2.09. The van der Waals surface area contributed by atoms with Crippen molar-refractivity contribution in [3.63, 3.8) is 0 Å². The molecular weight excluding hydrogens is 228 g/mol. The Balaban J connectivity index is 2.52. The highest BCUT2D eigenvalue weighted by Crippen LogP contribution is 2.32. The van der Waals surface area contributed by atoms with E-state index < -0.39 is 0 Å². The number of hydrogen-bond donors (Lipinski definition) is 1. The fraction of sp³-hybridized carbons (Fsp3) is 0.357. The molecule has 1 N–H and O–H groups in total. The number of pyridine rings is 1. The molecule has 4 heteroatoms. The van der Waals surface area contributed by atoms with Gasteiger partial charge in [-0.15, -0.1) is 0 Å². The maximum absolute atomic E-state index is 5.34. The van der Waals surface area contributed by atoms with Crippen LogP contribution in [0.3, 0.4) is 0 Å². The van der Waals surface area contributed by atoms with E-state index in [1.807, 2.05) is 24.3 Å². The molecule has 0 spiro atoms. The molecule has 0 radical (unpaired) electrons. The molecule has 0 bridgehead atoms. The van der Waals surface area contributed by atoms with E-state index in [4.69, 9.17) is 9.47 Å². The molecule has 0 atom stereocenters. The predicted molar refractivity (Wildman–Crippen MR) is 73.6 cm³/mol. The highest BCUT2D eigenvalue weighted by molar-refractivity contribution is 5.91. The second-order valence-corrected chi connectivity index (χ2v) is 3.99. The first-order chi connectivity index (χ1) is 8.80. The van der Waals surface area contributed by atoms with Gasteiger partial charge >= 0.3 is 0 Å². The van der Waals surface area contributed by atoms with Crippen LogP contribution < -0.4 is 14.8 Å². The Labute approximate surface area is 107 Å². The van der Waals surface area contributed by atoms with Crippen molar-refractivity contribution in [3.8, 4) is 11.5 Å². The molecule has 18 heavy (non-hydrogen) atoms. The third-order valence-corrected chi connectivity index (χ3v) is 2.78. The van der Waals surface area contributed by atoms with Crippen LogP contribution in [0.25, 0.3) is 10.9 Å². The fourth-order valence-corrected chi connectivity index (χ4v) is 1.86. The van der Waals surface area contributed by atoms with Gasteiger partial charge in [-0.1, -0.05) is 6.92 Å². The fourth-order valence-electron chi connectivity index (χ4n) is 1.86. The van der Waals surface area contributed by atoms with Crippen molar-refractivity contribution >= 4 is 16.7 Å². The van der Waals surface area contributed by atoms with Gasteiger partial charge < -0.3 is 14.8 Å². The normalized spacial score (nSPS) is 10.4. The van der Waals surface area contributed by atoms with Crippen molar-refractivity contribution in [3.05, 3.63) is 24.3 Å². The van der Waals surface area contributed by atoms with E-state index in [9.17, 15) is 0 Å². The van der Waals surface area contributed by atoms with E-state index in [0.717, 1.165) is 41.2 Å². The SMILES string of the molecule is CCCNc1ccc2c(OC)ccc(OC)c2n1. The maximum Gasteiger partial charge on any atom is 0.145 e. The summed E-state index contributed by atoms with van der Waals surface area (Å²) in [5.41, 5.74) is 0.818. The van der Waals surface area contributed by atoms with Gasteiger partial charge in [-0.25, -0.2) is 4.98 Å². The minimum atomic E-state index is 0.756. The number of benzene rings is 1. The second-order valence-electron chi connectivity index (χ2n) is 3.99. The number of hydrogen-bond acceptors (Lipinski definition) is 4. The Morgan fingerprint density at radius 1 is 1.06 bits per heavy atom. The average molecular weight is 246 g/mol. The highest BCUT2D eigenvalue weighted by atomic mass is 16.5. The van der Waals surface area contributed by atoms with Crippen LogP contribution in [0, 0.1) is 0 Å². The van der Waals surface area contributed by atoms with E-state index >= 15 is 0 Å². The number of fused-ring (bicyclic) bond motifs is 1. The van der Waals surface area contributed by atoms with Crippen molar-refractivity contribution in [1.82, 2.24) is 4.98 Å². The number of methoxy groups -OCH3 is 2. The molecule has 0 saturated heterocycles. The molecule has 0 unspecified atom stereocenters. The number of nitrogens with zero attached hydrogens (tertiary/aromatic N) is 1. The van der Waals surface area contributed by atoms with Gasteiger partial charge in [0, 0.05) is 11.9 Å². The predicted octanol–water partition coefficient (Wildman–Crippen LogP) is 3.07. The molecule has 1 heterocycles. The van der Waals surface area contributed by atoms with Crippen LogP contribution in [0.5, 0.6) is 11.5 Å². The zero-order chi connectivity index (χ0) is 13.0. The van der Waals surface area contributed by atoms with Crippen LogP contribution in [0.15, 0.2) is 24.3 Å².